The van der Waals surface area contributed by atoms with Gasteiger partial charge in [0.25, 0.3) is 0 Å². The van der Waals surface area contributed by atoms with E-state index < -0.39 is 0 Å². The van der Waals surface area contributed by atoms with Crippen LogP contribution in [0.15, 0.2) is 42.5 Å². The molecule has 0 heterocycles. The molecule has 0 radical (unpaired) electrons. The maximum absolute atomic E-state index is 5.52. The molecule has 0 saturated carbocycles. The number of hydrogen-bond acceptors (Lipinski definition) is 2. The summed E-state index contributed by atoms with van der Waals surface area (Å²) < 4.78 is 5.52. The second-order valence-electron chi connectivity index (χ2n) is 5.08. The Bertz CT molecular complexity index is 563. The third-order valence-corrected chi connectivity index (χ3v) is 3.45. The Labute approximate surface area is 121 Å². The molecule has 2 aromatic rings. The third-order valence-electron chi connectivity index (χ3n) is 3.45. The van der Waals surface area contributed by atoms with E-state index in [1.165, 1.54) is 22.3 Å². The average molecular weight is 269 g/mol. The Morgan fingerprint density at radius 2 is 1.80 bits per heavy atom. The van der Waals surface area contributed by atoms with Crippen molar-refractivity contribution in [2.24, 2.45) is 0 Å². The van der Waals surface area contributed by atoms with Crippen molar-refractivity contribution in [2.45, 2.75) is 33.9 Å². The van der Waals surface area contributed by atoms with Crippen LogP contribution >= 0.6 is 0 Å². The van der Waals surface area contributed by atoms with E-state index in [2.05, 4.69) is 61.6 Å². The highest BCUT2D eigenvalue weighted by atomic mass is 16.5. The fourth-order valence-electron chi connectivity index (χ4n) is 2.21. The molecule has 2 aromatic carbocycles. The summed E-state index contributed by atoms with van der Waals surface area (Å²) in [5.41, 5.74) is 6.33. The fourth-order valence-corrected chi connectivity index (χ4v) is 2.21. The van der Waals surface area contributed by atoms with Crippen molar-refractivity contribution in [1.82, 2.24) is 0 Å². The van der Waals surface area contributed by atoms with Crippen LogP contribution in [0.2, 0.25) is 0 Å². The van der Waals surface area contributed by atoms with Gasteiger partial charge in [0.2, 0.25) is 0 Å². The number of ether oxygens (including phenoxy) is 1. The minimum atomic E-state index is 0.659. The van der Waals surface area contributed by atoms with Crippen LogP contribution in [0.25, 0.3) is 0 Å². The summed E-state index contributed by atoms with van der Waals surface area (Å²) in [6.07, 6.45) is 0. The lowest BCUT2D eigenvalue weighted by Crippen LogP contribution is -2.05. The minimum Gasteiger partial charge on any atom is -0.381 e. The molecule has 0 bridgehead atoms. The van der Waals surface area contributed by atoms with Crippen molar-refractivity contribution in [1.29, 1.82) is 0 Å². The first kappa shape index (κ1) is 14.6. The lowest BCUT2D eigenvalue weighted by Gasteiger charge is -2.13. The molecule has 0 aliphatic heterocycles. The Morgan fingerprint density at radius 3 is 2.60 bits per heavy atom. The molecule has 0 amide bonds. The molecule has 0 unspecified atom stereocenters. The zero-order valence-electron chi connectivity index (χ0n) is 12.6. The van der Waals surface area contributed by atoms with Crippen LogP contribution in [-0.2, 0) is 17.9 Å². The van der Waals surface area contributed by atoms with E-state index in [1.807, 2.05) is 6.92 Å². The second-order valence-corrected chi connectivity index (χ2v) is 5.08. The average Bonchev–Trinajstić information content (AvgIpc) is 2.47. The topological polar surface area (TPSA) is 21.3 Å². The third kappa shape index (κ3) is 3.84. The molecule has 1 N–H and O–H groups in total. The number of para-hydroxylation sites is 1. The maximum atomic E-state index is 5.52. The van der Waals surface area contributed by atoms with Gasteiger partial charge >= 0.3 is 0 Å². The minimum absolute atomic E-state index is 0.659. The highest BCUT2D eigenvalue weighted by Gasteiger charge is 2.03. The Balaban J connectivity index is 2.08. The number of aryl methyl sites for hydroxylation is 2. The molecule has 0 fully saturated rings. The molecule has 0 saturated heterocycles. The van der Waals surface area contributed by atoms with Crippen LogP contribution in [-0.4, -0.2) is 6.61 Å². The first-order valence-electron chi connectivity index (χ1n) is 7.16. The maximum Gasteiger partial charge on any atom is 0.0736 e. The van der Waals surface area contributed by atoms with Gasteiger partial charge < -0.3 is 10.1 Å². The number of hydrogen-bond donors (Lipinski definition) is 1. The molecule has 2 nitrogen and oxygen atoms in total. The number of anilines is 1. The second kappa shape index (κ2) is 7.11. The Morgan fingerprint density at radius 1 is 1.00 bits per heavy atom. The molecule has 106 valence electrons. The summed E-state index contributed by atoms with van der Waals surface area (Å²) in [5, 5.41) is 3.53. The lowest BCUT2D eigenvalue weighted by atomic mass is 10.1. The molecule has 2 rings (SSSR count). The van der Waals surface area contributed by atoms with E-state index in [9.17, 15) is 0 Å². The van der Waals surface area contributed by atoms with E-state index in [0.29, 0.717) is 6.61 Å². The normalized spacial score (nSPS) is 10.6. The van der Waals surface area contributed by atoms with Gasteiger partial charge in [-0.3, -0.25) is 0 Å². The fraction of sp³-hybridized carbons (Fsp3) is 0.333. The number of benzene rings is 2. The summed E-state index contributed by atoms with van der Waals surface area (Å²) in [5.74, 6) is 0. The number of nitrogens with one attached hydrogen (secondary N) is 1. The summed E-state index contributed by atoms with van der Waals surface area (Å²) in [7, 11) is 0. The Kier molecular flexibility index (Phi) is 5.19. The summed E-state index contributed by atoms with van der Waals surface area (Å²) in [4.78, 5) is 0. The van der Waals surface area contributed by atoms with Crippen LogP contribution in [0.1, 0.15) is 29.2 Å². The molecular formula is C18H23NO. The summed E-state index contributed by atoms with van der Waals surface area (Å²) in [6.45, 7) is 8.55. The van der Waals surface area contributed by atoms with Crippen LogP contribution in [0.4, 0.5) is 5.69 Å². The molecule has 2 heteroatoms. The van der Waals surface area contributed by atoms with Gasteiger partial charge in [-0.2, -0.15) is 0 Å². The number of rotatable bonds is 6. The lowest BCUT2D eigenvalue weighted by molar-refractivity contribution is 0.134. The van der Waals surface area contributed by atoms with Crippen LogP contribution < -0.4 is 5.32 Å². The van der Waals surface area contributed by atoms with Gasteiger partial charge in [-0.25, -0.2) is 0 Å². The van der Waals surface area contributed by atoms with E-state index in [1.54, 1.807) is 0 Å². The molecule has 0 aromatic heterocycles. The van der Waals surface area contributed by atoms with Crippen molar-refractivity contribution in [2.75, 3.05) is 11.9 Å². The van der Waals surface area contributed by atoms with Gasteiger partial charge in [0, 0.05) is 24.4 Å². The van der Waals surface area contributed by atoms with Gasteiger partial charge in [-0.15, -0.1) is 0 Å². The predicted octanol–water partition coefficient (Wildman–Crippen LogP) is 4.45. The standard InChI is InChI=1S/C18H23NO/c1-4-20-13-16-7-5-6-8-18(16)19-12-17-11-14(2)9-10-15(17)3/h5-11,19H,4,12-13H2,1-3H3. The van der Waals surface area contributed by atoms with Gasteiger partial charge in [-0.1, -0.05) is 42.0 Å². The molecule has 20 heavy (non-hydrogen) atoms. The van der Waals surface area contributed by atoms with Gasteiger partial charge in [-0.05, 0) is 38.0 Å². The summed E-state index contributed by atoms with van der Waals surface area (Å²) in [6, 6.07) is 14.9. The first-order chi connectivity index (χ1) is 9.70. The molecule has 0 atom stereocenters. The van der Waals surface area contributed by atoms with Gasteiger partial charge in [0.15, 0.2) is 0 Å². The largest absolute Gasteiger partial charge is 0.381 e. The molecule has 0 spiro atoms. The molecule has 0 aliphatic carbocycles. The quantitative estimate of drug-likeness (QED) is 0.836. The zero-order valence-corrected chi connectivity index (χ0v) is 12.6. The van der Waals surface area contributed by atoms with Crippen molar-refractivity contribution in [3.8, 4) is 0 Å². The van der Waals surface area contributed by atoms with Crippen molar-refractivity contribution in [3.05, 3.63) is 64.7 Å². The van der Waals surface area contributed by atoms with E-state index in [4.69, 9.17) is 4.74 Å². The van der Waals surface area contributed by atoms with E-state index >= 15 is 0 Å². The van der Waals surface area contributed by atoms with Crippen LogP contribution in [0.5, 0.6) is 0 Å². The molecular weight excluding hydrogens is 246 g/mol. The van der Waals surface area contributed by atoms with Crippen molar-refractivity contribution < 1.29 is 4.74 Å². The first-order valence-corrected chi connectivity index (χ1v) is 7.16. The SMILES string of the molecule is CCOCc1ccccc1NCc1cc(C)ccc1C. The zero-order chi connectivity index (χ0) is 14.4. The van der Waals surface area contributed by atoms with E-state index in [-0.39, 0.29) is 0 Å². The van der Waals surface area contributed by atoms with Crippen molar-refractivity contribution in [3.63, 3.8) is 0 Å². The van der Waals surface area contributed by atoms with Crippen LogP contribution in [0, 0.1) is 13.8 Å². The van der Waals surface area contributed by atoms with Crippen molar-refractivity contribution >= 4 is 5.69 Å². The Hall–Kier alpha value is -1.80. The predicted molar refractivity (Wildman–Crippen MR) is 85.0 cm³/mol. The van der Waals surface area contributed by atoms with E-state index in [0.717, 1.165) is 18.8 Å². The van der Waals surface area contributed by atoms with Crippen LogP contribution in [0.3, 0.4) is 0 Å². The van der Waals surface area contributed by atoms with Gasteiger partial charge in [0.05, 0.1) is 6.61 Å². The summed E-state index contributed by atoms with van der Waals surface area (Å²) >= 11 is 0. The highest BCUT2D eigenvalue weighted by Crippen LogP contribution is 2.18. The highest BCUT2D eigenvalue weighted by molar-refractivity contribution is 5.51. The molecule has 0 aliphatic rings. The monoisotopic (exact) mass is 269 g/mol. The smallest absolute Gasteiger partial charge is 0.0736 e. The van der Waals surface area contributed by atoms with Gasteiger partial charge in [0.1, 0.15) is 0 Å².